The normalized spacial score (nSPS) is 18.6. The summed E-state index contributed by atoms with van der Waals surface area (Å²) in [5.74, 6) is 0.332. The van der Waals surface area contributed by atoms with Gasteiger partial charge in [-0.3, -0.25) is 4.79 Å². The number of ether oxygens (including phenoxy) is 2. The minimum Gasteiger partial charge on any atom is -0.462 e. The van der Waals surface area contributed by atoms with Crippen molar-refractivity contribution < 1.29 is 14.3 Å². The number of amides is 1. The standard InChI is InChI=1S/C33H39N3O3/c1-34(2)23-25-9-11-26(12-10-25)27-13-14-31-29(21-27)24-38-33(39-31)15-19-36(20-16-33)32(37)28-7-6-8-30(22-28)35-17-4-3-5-18-35/h6-14,21-22H,3-5,15-20,23-24H2,1-2H3. The van der Waals surface area contributed by atoms with E-state index in [-0.39, 0.29) is 5.91 Å². The molecule has 2 fully saturated rings. The summed E-state index contributed by atoms with van der Waals surface area (Å²) in [5, 5.41) is 0. The fraction of sp³-hybridized carbons (Fsp3) is 0.424. The molecule has 0 atom stereocenters. The molecule has 204 valence electrons. The van der Waals surface area contributed by atoms with Gasteiger partial charge < -0.3 is 24.2 Å². The summed E-state index contributed by atoms with van der Waals surface area (Å²) in [6, 6.07) is 23.3. The van der Waals surface area contributed by atoms with E-state index in [4.69, 9.17) is 9.47 Å². The average molecular weight is 526 g/mol. The second-order valence-electron chi connectivity index (χ2n) is 11.4. The van der Waals surface area contributed by atoms with E-state index in [1.165, 1.54) is 36.0 Å². The molecule has 3 aromatic carbocycles. The molecule has 3 aliphatic heterocycles. The van der Waals surface area contributed by atoms with Gasteiger partial charge in [0.05, 0.1) is 6.61 Å². The average Bonchev–Trinajstić information content (AvgIpc) is 2.98. The molecule has 3 heterocycles. The molecule has 39 heavy (non-hydrogen) atoms. The van der Waals surface area contributed by atoms with Crippen LogP contribution in [0.1, 0.15) is 53.6 Å². The summed E-state index contributed by atoms with van der Waals surface area (Å²) >= 11 is 0. The summed E-state index contributed by atoms with van der Waals surface area (Å²) in [4.78, 5) is 19.9. The van der Waals surface area contributed by atoms with Crippen LogP contribution >= 0.6 is 0 Å². The lowest BCUT2D eigenvalue weighted by atomic mass is 9.98. The Morgan fingerprint density at radius 3 is 2.36 bits per heavy atom. The number of carbonyl (C=O) groups excluding carboxylic acids is 1. The zero-order valence-corrected chi connectivity index (χ0v) is 23.2. The molecule has 6 heteroatoms. The number of likely N-dealkylation sites (tertiary alicyclic amines) is 1. The lowest BCUT2D eigenvalue weighted by molar-refractivity contribution is -0.225. The lowest BCUT2D eigenvalue weighted by Gasteiger charge is -2.44. The van der Waals surface area contributed by atoms with E-state index in [1.807, 2.05) is 17.0 Å². The minimum atomic E-state index is -0.658. The van der Waals surface area contributed by atoms with Crippen molar-refractivity contribution in [2.75, 3.05) is 45.2 Å². The number of hydrogen-bond acceptors (Lipinski definition) is 5. The van der Waals surface area contributed by atoms with Crippen LogP contribution in [0, 0.1) is 0 Å². The van der Waals surface area contributed by atoms with Gasteiger partial charge in [0.25, 0.3) is 5.91 Å². The maximum absolute atomic E-state index is 13.4. The second-order valence-corrected chi connectivity index (χ2v) is 11.4. The summed E-state index contributed by atoms with van der Waals surface area (Å²) in [5.41, 5.74) is 6.66. The van der Waals surface area contributed by atoms with Crippen molar-refractivity contribution in [2.24, 2.45) is 0 Å². The summed E-state index contributed by atoms with van der Waals surface area (Å²) < 4.78 is 12.8. The number of hydrogen-bond donors (Lipinski definition) is 0. The van der Waals surface area contributed by atoms with Crippen LogP contribution < -0.4 is 9.64 Å². The van der Waals surface area contributed by atoms with E-state index < -0.39 is 5.79 Å². The monoisotopic (exact) mass is 525 g/mol. The van der Waals surface area contributed by atoms with Gasteiger partial charge in [0.15, 0.2) is 0 Å². The number of benzene rings is 3. The SMILES string of the molecule is CN(C)Cc1ccc(-c2ccc3c(c2)COC2(CCN(C(=O)c4cccc(N5CCCCC5)c4)CC2)O3)cc1. The van der Waals surface area contributed by atoms with E-state index in [1.54, 1.807) is 0 Å². The number of anilines is 1. The largest absolute Gasteiger partial charge is 0.462 e. The van der Waals surface area contributed by atoms with Crippen molar-refractivity contribution in [1.82, 2.24) is 9.80 Å². The zero-order chi connectivity index (χ0) is 26.8. The molecule has 1 amide bonds. The fourth-order valence-electron chi connectivity index (χ4n) is 6.05. The molecule has 0 radical (unpaired) electrons. The molecule has 0 bridgehead atoms. The number of piperidine rings is 2. The molecule has 3 aliphatic rings. The molecular weight excluding hydrogens is 486 g/mol. The number of rotatable bonds is 5. The minimum absolute atomic E-state index is 0.0983. The maximum Gasteiger partial charge on any atom is 0.253 e. The lowest BCUT2D eigenvalue weighted by Crippen LogP contribution is -2.52. The molecule has 0 N–H and O–H groups in total. The van der Waals surface area contributed by atoms with E-state index in [0.29, 0.717) is 32.5 Å². The quantitative estimate of drug-likeness (QED) is 0.412. The first-order valence-corrected chi connectivity index (χ1v) is 14.3. The van der Waals surface area contributed by atoms with E-state index >= 15 is 0 Å². The van der Waals surface area contributed by atoms with Crippen LogP contribution in [0.15, 0.2) is 66.7 Å². The molecule has 1 spiro atoms. The predicted octanol–water partition coefficient (Wildman–Crippen LogP) is 5.95. The van der Waals surface area contributed by atoms with Crippen molar-refractivity contribution in [3.8, 4) is 16.9 Å². The van der Waals surface area contributed by atoms with Gasteiger partial charge in [0.2, 0.25) is 5.79 Å². The Hall–Kier alpha value is -3.35. The predicted molar refractivity (Wildman–Crippen MR) is 155 cm³/mol. The summed E-state index contributed by atoms with van der Waals surface area (Å²) in [7, 11) is 4.17. The topological polar surface area (TPSA) is 45.2 Å². The van der Waals surface area contributed by atoms with Gasteiger partial charge in [0, 0.05) is 62.4 Å². The third kappa shape index (κ3) is 5.68. The van der Waals surface area contributed by atoms with E-state index in [2.05, 4.69) is 78.5 Å². The number of carbonyl (C=O) groups is 1. The molecule has 2 saturated heterocycles. The Kier molecular flexibility index (Phi) is 7.32. The summed E-state index contributed by atoms with van der Waals surface area (Å²) in [6.45, 7) is 4.85. The van der Waals surface area contributed by atoms with Gasteiger partial charge in [-0.25, -0.2) is 0 Å². The smallest absolute Gasteiger partial charge is 0.253 e. The highest BCUT2D eigenvalue weighted by Gasteiger charge is 2.42. The second kappa shape index (κ2) is 11.0. The highest BCUT2D eigenvalue weighted by atomic mass is 16.7. The molecule has 0 unspecified atom stereocenters. The third-order valence-corrected chi connectivity index (χ3v) is 8.26. The van der Waals surface area contributed by atoms with Gasteiger partial charge >= 0.3 is 0 Å². The Balaban J connectivity index is 1.09. The van der Waals surface area contributed by atoms with Crippen LogP contribution in [0.25, 0.3) is 11.1 Å². The molecule has 0 aliphatic carbocycles. The first-order chi connectivity index (χ1) is 19.0. The first-order valence-electron chi connectivity index (χ1n) is 14.3. The van der Waals surface area contributed by atoms with Crippen molar-refractivity contribution in [1.29, 1.82) is 0 Å². The van der Waals surface area contributed by atoms with Gasteiger partial charge in [-0.2, -0.15) is 0 Å². The van der Waals surface area contributed by atoms with Gasteiger partial charge in [-0.05, 0) is 80.4 Å². The molecular formula is C33H39N3O3. The first kappa shape index (κ1) is 25.9. The van der Waals surface area contributed by atoms with Gasteiger partial charge in [-0.15, -0.1) is 0 Å². The van der Waals surface area contributed by atoms with Crippen molar-refractivity contribution >= 4 is 11.6 Å². The van der Waals surface area contributed by atoms with Crippen LogP contribution in [0.3, 0.4) is 0 Å². The zero-order valence-electron chi connectivity index (χ0n) is 23.2. The Morgan fingerprint density at radius 2 is 1.62 bits per heavy atom. The van der Waals surface area contributed by atoms with Crippen molar-refractivity contribution in [2.45, 2.75) is 51.0 Å². The van der Waals surface area contributed by atoms with Crippen LogP contribution in [-0.2, 0) is 17.9 Å². The maximum atomic E-state index is 13.4. The third-order valence-electron chi connectivity index (χ3n) is 8.26. The van der Waals surface area contributed by atoms with Gasteiger partial charge in [0.1, 0.15) is 5.75 Å². The highest BCUT2D eigenvalue weighted by Crippen LogP contribution is 2.39. The highest BCUT2D eigenvalue weighted by molar-refractivity contribution is 5.95. The van der Waals surface area contributed by atoms with Gasteiger partial charge in [-0.1, -0.05) is 36.4 Å². The number of fused-ring (bicyclic) bond motifs is 1. The van der Waals surface area contributed by atoms with E-state index in [9.17, 15) is 4.79 Å². The van der Waals surface area contributed by atoms with Crippen LogP contribution in [0.5, 0.6) is 5.75 Å². The Bertz CT molecular complexity index is 1310. The van der Waals surface area contributed by atoms with Crippen molar-refractivity contribution in [3.05, 3.63) is 83.4 Å². The molecule has 0 saturated carbocycles. The van der Waals surface area contributed by atoms with Crippen LogP contribution in [-0.4, -0.2) is 61.8 Å². The van der Waals surface area contributed by atoms with E-state index in [0.717, 1.165) is 42.2 Å². The van der Waals surface area contributed by atoms with Crippen LogP contribution in [0.4, 0.5) is 5.69 Å². The summed E-state index contributed by atoms with van der Waals surface area (Å²) in [6.07, 6.45) is 5.08. The molecule has 3 aromatic rings. The fourth-order valence-corrected chi connectivity index (χ4v) is 6.05. The number of nitrogens with zero attached hydrogens (tertiary/aromatic N) is 3. The Morgan fingerprint density at radius 1 is 0.872 bits per heavy atom. The molecule has 6 nitrogen and oxygen atoms in total. The molecule has 6 rings (SSSR count). The van der Waals surface area contributed by atoms with Crippen LogP contribution in [0.2, 0.25) is 0 Å². The molecule has 0 aromatic heterocycles. The Labute approximate surface area is 232 Å². The van der Waals surface area contributed by atoms with Crippen molar-refractivity contribution in [3.63, 3.8) is 0 Å².